The molecule has 2 aliphatic carbocycles. The first-order chi connectivity index (χ1) is 12.4. The smallest absolute Gasteiger partial charge is 0.272 e. The Hall–Kier alpha value is -2.28. The van der Waals surface area contributed by atoms with Gasteiger partial charge in [-0.05, 0) is 30.6 Å². The predicted molar refractivity (Wildman–Crippen MR) is 96.1 cm³/mol. The topological polar surface area (TPSA) is 92.9 Å². The van der Waals surface area contributed by atoms with E-state index in [0.29, 0.717) is 23.3 Å². The maximum atomic E-state index is 13.0. The number of aliphatic hydroxyl groups is 1. The number of nitrogens with one attached hydrogen (secondary N) is 1. The number of fused-ring (bicyclic) bond motifs is 3. The third-order valence-electron chi connectivity index (χ3n) is 5.77. The van der Waals surface area contributed by atoms with Crippen LogP contribution in [-0.2, 0) is 6.42 Å². The highest BCUT2D eigenvalue weighted by molar-refractivity contribution is 5.94. The van der Waals surface area contributed by atoms with Crippen LogP contribution >= 0.6 is 0 Å². The van der Waals surface area contributed by atoms with Gasteiger partial charge in [-0.1, -0.05) is 20.8 Å². The third kappa shape index (κ3) is 2.70. The standard InChI is InChI=1S/C19H25N5O2/c1-19(2,3)14(10-25)22-18(26)16-13-8-11-4-5-12(11)17(13)24(23-16)15-9-20-6-7-21-15/h6-7,9,11-12,14,25H,4-5,8,10H2,1-3H3,(H,22,26)/t11?,12?,14-/m1/s1. The molecule has 0 aliphatic heterocycles. The van der Waals surface area contributed by atoms with Crippen molar-refractivity contribution in [3.8, 4) is 5.82 Å². The van der Waals surface area contributed by atoms with E-state index in [1.54, 1.807) is 23.3 Å². The molecule has 2 unspecified atom stereocenters. The van der Waals surface area contributed by atoms with Crippen molar-refractivity contribution in [2.45, 2.75) is 52.0 Å². The average molecular weight is 355 g/mol. The van der Waals surface area contributed by atoms with Gasteiger partial charge in [0, 0.05) is 23.9 Å². The van der Waals surface area contributed by atoms with Crippen molar-refractivity contribution in [2.24, 2.45) is 11.3 Å². The molecule has 2 aliphatic rings. The molecule has 1 fully saturated rings. The van der Waals surface area contributed by atoms with Crippen molar-refractivity contribution in [2.75, 3.05) is 6.61 Å². The maximum Gasteiger partial charge on any atom is 0.272 e. The Kier molecular flexibility index (Phi) is 4.06. The molecule has 1 saturated carbocycles. The summed E-state index contributed by atoms with van der Waals surface area (Å²) in [5.41, 5.74) is 2.37. The van der Waals surface area contributed by atoms with E-state index in [4.69, 9.17) is 0 Å². The van der Waals surface area contributed by atoms with E-state index in [-0.39, 0.29) is 24.0 Å². The van der Waals surface area contributed by atoms with Crippen LogP contribution in [0.15, 0.2) is 18.6 Å². The van der Waals surface area contributed by atoms with E-state index in [1.165, 1.54) is 6.42 Å². The number of carbonyl (C=O) groups excluding carboxylic acids is 1. The van der Waals surface area contributed by atoms with Crippen molar-refractivity contribution in [1.29, 1.82) is 0 Å². The van der Waals surface area contributed by atoms with Crippen LogP contribution in [0.25, 0.3) is 5.82 Å². The Labute approximate surface area is 152 Å². The second-order valence-electron chi connectivity index (χ2n) is 8.41. The van der Waals surface area contributed by atoms with Crippen molar-refractivity contribution in [3.05, 3.63) is 35.5 Å². The molecular formula is C19H25N5O2. The molecule has 4 rings (SSSR count). The molecule has 2 N–H and O–H groups in total. The number of hydrogen-bond acceptors (Lipinski definition) is 5. The van der Waals surface area contributed by atoms with Crippen LogP contribution in [0.2, 0.25) is 0 Å². The van der Waals surface area contributed by atoms with E-state index < -0.39 is 0 Å². The van der Waals surface area contributed by atoms with Gasteiger partial charge in [0.2, 0.25) is 0 Å². The van der Waals surface area contributed by atoms with E-state index in [9.17, 15) is 9.90 Å². The zero-order valence-corrected chi connectivity index (χ0v) is 15.4. The minimum atomic E-state index is -0.328. The minimum absolute atomic E-state index is 0.104. The van der Waals surface area contributed by atoms with Crippen molar-refractivity contribution >= 4 is 5.91 Å². The maximum absolute atomic E-state index is 13.0. The van der Waals surface area contributed by atoms with Gasteiger partial charge in [0.25, 0.3) is 5.91 Å². The van der Waals surface area contributed by atoms with Crippen LogP contribution in [0.4, 0.5) is 0 Å². The molecule has 2 heterocycles. The lowest BCUT2D eigenvalue weighted by Gasteiger charge is -2.31. The molecule has 1 amide bonds. The first kappa shape index (κ1) is 17.1. The largest absolute Gasteiger partial charge is 0.394 e. The minimum Gasteiger partial charge on any atom is -0.394 e. The number of hydrogen-bond donors (Lipinski definition) is 2. The highest BCUT2D eigenvalue weighted by Gasteiger charge is 2.45. The van der Waals surface area contributed by atoms with E-state index in [2.05, 4.69) is 20.4 Å². The summed E-state index contributed by atoms with van der Waals surface area (Å²) in [6.07, 6.45) is 8.16. The molecule has 7 heteroatoms. The first-order valence-corrected chi connectivity index (χ1v) is 9.20. The molecule has 26 heavy (non-hydrogen) atoms. The fourth-order valence-corrected chi connectivity index (χ4v) is 4.00. The number of aromatic nitrogens is 4. The molecule has 0 saturated heterocycles. The van der Waals surface area contributed by atoms with Crippen LogP contribution in [0.5, 0.6) is 0 Å². The highest BCUT2D eigenvalue weighted by atomic mass is 16.3. The lowest BCUT2D eigenvalue weighted by molar-refractivity contribution is 0.0841. The summed E-state index contributed by atoms with van der Waals surface area (Å²) in [7, 11) is 0. The van der Waals surface area contributed by atoms with Gasteiger partial charge in [-0.25, -0.2) is 9.67 Å². The summed E-state index contributed by atoms with van der Waals surface area (Å²) < 4.78 is 1.80. The average Bonchev–Trinajstić information content (AvgIpc) is 3.06. The molecule has 0 aromatic carbocycles. The number of carbonyl (C=O) groups is 1. The summed E-state index contributed by atoms with van der Waals surface area (Å²) in [6.45, 7) is 5.89. The van der Waals surface area contributed by atoms with E-state index in [0.717, 1.165) is 24.1 Å². The molecule has 0 radical (unpaired) electrons. The summed E-state index contributed by atoms with van der Waals surface area (Å²) in [5.74, 6) is 1.48. The fraction of sp³-hybridized carbons (Fsp3) is 0.579. The number of amides is 1. The van der Waals surface area contributed by atoms with Gasteiger partial charge in [0.15, 0.2) is 11.5 Å². The van der Waals surface area contributed by atoms with Crippen LogP contribution in [0.3, 0.4) is 0 Å². The molecule has 3 atom stereocenters. The number of nitrogens with zero attached hydrogens (tertiary/aromatic N) is 4. The number of rotatable bonds is 4. The molecule has 2 aromatic rings. The second kappa shape index (κ2) is 6.16. The lowest BCUT2D eigenvalue weighted by atomic mass is 9.75. The Morgan fingerprint density at radius 3 is 2.77 bits per heavy atom. The molecular weight excluding hydrogens is 330 g/mol. The Balaban J connectivity index is 1.72. The van der Waals surface area contributed by atoms with Gasteiger partial charge in [0.05, 0.1) is 24.5 Å². The normalized spacial score (nSPS) is 22.3. The van der Waals surface area contributed by atoms with Crippen molar-refractivity contribution in [3.63, 3.8) is 0 Å². The lowest BCUT2D eigenvalue weighted by Crippen LogP contribution is -2.46. The second-order valence-corrected chi connectivity index (χ2v) is 8.41. The SMILES string of the molecule is CC(C)(C)[C@@H](CO)NC(=O)c1nn(-c2cnccn2)c2c1CC1CCC21. The van der Waals surface area contributed by atoms with Crippen LogP contribution in [-0.4, -0.2) is 43.4 Å². The Bertz CT molecular complexity index is 824. The highest BCUT2D eigenvalue weighted by Crippen LogP contribution is 2.52. The van der Waals surface area contributed by atoms with Crippen LogP contribution < -0.4 is 5.32 Å². The zero-order valence-electron chi connectivity index (χ0n) is 15.4. The monoisotopic (exact) mass is 355 g/mol. The molecule has 2 aromatic heterocycles. The quantitative estimate of drug-likeness (QED) is 0.873. The van der Waals surface area contributed by atoms with Crippen LogP contribution in [0, 0.1) is 11.3 Å². The van der Waals surface area contributed by atoms with Crippen molar-refractivity contribution < 1.29 is 9.90 Å². The summed E-state index contributed by atoms with van der Waals surface area (Å²) in [5, 5.41) is 17.2. The van der Waals surface area contributed by atoms with Gasteiger partial charge in [0.1, 0.15) is 0 Å². The zero-order chi connectivity index (χ0) is 18.5. The molecule has 0 spiro atoms. The van der Waals surface area contributed by atoms with Gasteiger partial charge in [-0.3, -0.25) is 9.78 Å². The Morgan fingerprint density at radius 1 is 1.38 bits per heavy atom. The summed E-state index contributed by atoms with van der Waals surface area (Å²) in [6, 6.07) is -0.328. The Morgan fingerprint density at radius 2 is 2.19 bits per heavy atom. The van der Waals surface area contributed by atoms with Gasteiger partial charge in [-0.15, -0.1) is 0 Å². The van der Waals surface area contributed by atoms with Gasteiger partial charge in [-0.2, -0.15) is 5.10 Å². The first-order valence-electron chi connectivity index (χ1n) is 9.20. The van der Waals surface area contributed by atoms with Gasteiger partial charge >= 0.3 is 0 Å². The molecule has 7 nitrogen and oxygen atoms in total. The number of aliphatic hydroxyl groups excluding tert-OH is 1. The molecule has 0 bridgehead atoms. The van der Waals surface area contributed by atoms with Gasteiger partial charge < -0.3 is 10.4 Å². The third-order valence-corrected chi connectivity index (χ3v) is 5.77. The summed E-state index contributed by atoms with van der Waals surface area (Å²) >= 11 is 0. The van der Waals surface area contributed by atoms with Crippen molar-refractivity contribution in [1.82, 2.24) is 25.1 Å². The predicted octanol–water partition coefficient (Wildman–Crippen LogP) is 1.85. The summed E-state index contributed by atoms with van der Waals surface area (Å²) in [4.78, 5) is 21.5. The van der Waals surface area contributed by atoms with Crippen LogP contribution in [0.1, 0.15) is 61.3 Å². The van der Waals surface area contributed by atoms with E-state index in [1.807, 2.05) is 20.8 Å². The molecule has 138 valence electrons. The van der Waals surface area contributed by atoms with E-state index >= 15 is 0 Å². The fourth-order valence-electron chi connectivity index (χ4n) is 4.00.